The van der Waals surface area contributed by atoms with Gasteiger partial charge in [0.25, 0.3) is 0 Å². The number of nitrogens with zero attached hydrogens (tertiary/aromatic N) is 1. The highest BCUT2D eigenvalue weighted by Gasteiger charge is 2.34. The van der Waals surface area contributed by atoms with Crippen LogP contribution in [0.5, 0.6) is 0 Å². The van der Waals surface area contributed by atoms with Crippen LogP contribution in [0.3, 0.4) is 0 Å². The van der Waals surface area contributed by atoms with Crippen molar-refractivity contribution >= 4 is 0 Å². The average Bonchev–Trinajstić information content (AvgIpc) is 2.74. The molecule has 0 aromatic carbocycles. The zero-order valence-electron chi connectivity index (χ0n) is 8.98. The van der Waals surface area contributed by atoms with Gasteiger partial charge in [0.05, 0.1) is 12.7 Å². The van der Waals surface area contributed by atoms with Crippen LogP contribution in [-0.4, -0.2) is 49.0 Å². The summed E-state index contributed by atoms with van der Waals surface area (Å²) in [6.45, 7) is 3.14. The van der Waals surface area contributed by atoms with Gasteiger partial charge in [-0.15, -0.1) is 0 Å². The van der Waals surface area contributed by atoms with E-state index in [1.54, 1.807) is 7.11 Å². The molecule has 2 aliphatic rings. The normalized spacial score (nSPS) is 39.4. The van der Waals surface area contributed by atoms with Gasteiger partial charge in [-0.3, -0.25) is 4.90 Å². The minimum atomic E-state index is -0.0729. The Kier molecular flexibility index (Phi) is 3.42. The lowest BCUT2D eigenvalue weighted by Crippen LogP contribution is -2.39. The maximum Gasteiger partial charge on any atom is 0.0695 e. The first-order chi connectivity index (χ1) is 6.81. The zero-order valence-corrected chi connectivity index (χ0v) is 8.98. The number of hydrogen-bond acceptors (Lipinski definition) is 3. The molecule has 1 aliphatic carbocycles. The number of aliphatic hydroxyl groups is 1. The van der Waals surface area contributed by atoms with Gasteiger partial charge in [0.2, 0.25) is 0 Å². The minimum Gasteiger partial charge on any atom is -0.391 e. The minimum absolute atomic E-state index is 0.0729. The van der Waals surface area contributed by atoms with Gasteiger partial charge < -0.3 is 9.84 Å². The summed E-state index contributed by atoms with van der Waals surface area (Å²) in [4.78, 5) is 2.46. The van der Waals surface area contributed by atoms with E-state index in [1.165, 1.54) is 19.3 Å². The lowest BCUT2D eigenvalue weighted by atomic mass is 10.1. The van der Waals surface area contributed by atoms with Crippen molar-refractivity contribution in [1.82, 2.24) is 4.90 Å². The van der Waals surface area contributed by atoms with E-state index in [0.29, 0.717) is 12.0 Å². The molecule has 3 atom stereocenters. The van der Waals surface area contributed by atoms with Crippen LogP contribution in [0, 0.1) is 5.92 Å². The lowest BCUT2D eigenvalue weighted by Gasteiger charge is -2.26. The van der Waals surface area contributed by atoms with Gasteiger partial charge in [-0.25, -0.2) is 0 Å². The zero-order chi connectivity index (χ0) is 9.97. The Labute approximate surface area is 86.0 Å². The summed E-state index contributed by atoms with van der Waals surface area (Å²) in [6.07, 6.45) is 4.53. The molecule has 1 saturated heterocycles. The largest absolute Gasteiger partial charge is 0.391 e. The molecule has 0 amide bonds. The molecule has 1 N–H and O–H groups in total. The molecular formula is C11H21NO2. The fourth-order valence-electron chi connectivity index (χ4n) is 2.88. The summed E-state index contributed by atoms with van der Waals surface area (Å²) in [5, 5.41) is 9.79. The average molecular weight is 199 g/mol. The topological polar surface area (TPSA) is 32.7 Å². The van der Waals surface area contributed by atoms with Crippen molar-refractivity contribution in [2.45, 2.75) is 37.8 Å². The van der Waals surface area contributed by atoms with Gasteiger partial charge in [-0.05, 0) is 38.1 Å². The van der Waals surface area contributed by atoms with Crippen molar-refractivity contribution < 1.29 is 9.84 Å². The van der Waals surface area contributed by atoms with Gasteiger partial charge in [0.15, 0.2) is 0 Å². The standard InChI is InChI=1S/C11H21NO2/c1-14-8-9-5-6-12(7-9)10-3-2-4-11(10)13/h9-11,13H,2-8H2,1H3/t9?,10-,11-/m0/s1. The van der Waals surface area contributed by atoms with Crippen LogP contribution in [0.25, 0.3) is 0 Å². The van der Waals surface area contributed by atoms with Crippen LogP contribution in [0.1, 0.15) is 25.7 Å². The van der Waals surface area contributed by atoms with Crippen molar-refractivity contribution in [2.24, 2.45) is 5.92 Å². The Hall–Kier alpha value is -0.120. The number of hydrogen-bond donors (Lipinski definition) is 1. The van der Waals surface area contributed by atoms with Gasteiger partial charge in [0.1, 0.15) is 0 Å². The molecule has 2 fully saturated rings. The molecule has 3 heteroatoms. The second-order valence-corrected chi connectivity index (χ2v) is 4.67. The van der Waals surface area contributed by atoms with E-state index in [0.717, 1.165) is 26.1 Å². The fraction of sp³-hybridized carbons (Fsp3) is 1.00. The van der Waals surface area contributed by atoms with Crippen molar-refractivity contribution in [3.8, 4) is 0 Å². The molecule has 1 unspecified atom stereocenters. The highest BCUT2D eigenvalue weighted by molar-refractivity contribution is 4.89. The van der Waals surface area contributed by atoms with Crippen molar-refractivity contribution in [3.05, 3.63) is 0 Å². The maximum absolute atomic E-state index is 9.79. The molecule has 0 spiro atoms. The number of likely N-dealkylation sites (tertiary alicyclic amines) is 1. The Balaban J connectivity index is 1.82. The predicted molar refractivity (Wildman–Crippen MR) is 55.2 cm³/mol. The molecule has 3 nitrogen and oxygen atoms in total. The van der Waals surface area contributed by atoms with E-state index in [2.05, 4.69) is 4.90 Å². The van der Waals surface area contributed by atoms with Crippen molar-refractivity contribution in [2.75, 3.05) is 26.8 Å². The summed E-state index contributed by atoms with van der Waals surface area (Å²) in [7, 11) is 1.77. The highest BCUT2D eigenvalue weighted by atomic mass is 16.5. The third-order valence-corrected chi connectivity index (χ3v) is 3.63. The molecule has 0 aromatic rings. The smallest absolute Gasteiger partial charge is 0.0695 e. The first-order valence-electron chi connectivity index (χ1n) is 5.72. The Morgan fingerprint density at radius 2 is 2.21 bits per heavy atom. The summed E-state index contributed by atoms with van der Waals surface area (Å²) < 4.78 is 5.17. The first kappa shape index (κ1) is 10.4. The van der Waals surface area contributed by atoms with Crippen LogP contribution in [0.4, 0.5) is 0 Å². The predicted octanol–water partition coefficient (Wildman–Crippen LogP) is 0.868. The van der Waals surface area contributed by atoms with E-state index in [1.807, 2.05) is 0 Å². The van der Waals surface area contributed by atoms with E-state index in [4.69, 9.17) is 4.74 Å². The highest BCUT2D eigenvalue weighted by Crippen LogP contribution is 2.28. The third kappa shape index (κ3) is 2.10. The van der Waals surface area contributed by atoms with Crippen LogP contribution < -0.4 is 0 Å². The van der Waals surface area contributed by atoms with Gasteiger partial charge in [0, 0.05) is 19.7 Å². The number of methoxy groups -OCH3 is 1. The second-order valence-electron chi connectivity index (χ2n) is 4.67. The van der Waals surface area contributed by atoms with Gasteiger partial charge >= 0.3 is 0 Å². The molecule has 1 aliphatic heterocycles. The number of ether oxygens (including phenoxy) is 1. The van der Waals surface area contributed by atoms with E-state index in [9.17, 15) is 5.11 Å². The monoisotopic (exact) mass is 199 g/mol. The second kappa shape index (κ2) is 4.60. The van der Waals surface area contributed by atoms with Crippen LogP contribution in [0.2, 0.25) is 0 Å². The first-order valence-corrected chi connectivity index (χ1v) is 5.72. The fourth-order valence-corrected chi connectivity index (χ4v) is 2.88. The molecule has 14 heavy (non-hydrogen) atoms. The molecule has 82 valence electrons. The van der Waals surface area contributed by atoms with Crippen molar-refractivity contribution in [3.63, 3.8) is 0 Å². The quantitative estimate of drug-likeness (QED) is 0.732. The summed E-state index contributed by atoms with van der Waals surface area (Å²) in [5.41, 5.74) is 0. The van der Waals surface area contributed by atoms with Crippen LogP contribution in [-0.2, 0) is 4.74 Å². The van der Waals surface area contributed by atoms with E-state index in [-0.39, 0.29) is 6.10 Å². The van der Waals surface area contributed by atoms with Gasteiger partial charge in [-0.1, -0.05) is 0 Å². The Morgan fingerprint density at radius 1 is 1.36 bits per heavy atom. The van der Waals surface area contributed by atoms with E-state index >= 15 is 0 Å². The molecule has 1 saturated carbocycles. The summed E-state index contributed by atoms with van der Waals surface area (Å²) in [6, 6.07) is 0.442. The lowest BCUT2D eigenvalue weighted by molar-refractivity contribution is 0.0781. The van der Waals surface area contributed by atoms with E-state index < -0.39 is 0 Å². The summed E-state index contributed by atoms with van der Waals surface area (Å²) in [5.74, 6) is 0.688. The number of aliphatic hydroxyl groups excluding tert-OH is 1. The SMILES string of the molecule is COCC1CCN([C@H]2CCC[C@@H]2O)C1. The maximum atomic E-state index is 9.79. The Morgan fingerprint density at radius 3 is 2.86 bits per heavy atom. The summed E-state index contributed by atoms with van der Waals surface area (Å²) >= 11 is 0. The number of rotatable bonds is 3. The molecular weight excluding hydrogens is 178 g/mol. The molecule has 0 radical (unpaired) electrons. The molecule has 0 bridgehead atoms. The molecule has 0 aromatic heterocycles. The Bertz CT molecular complexity index is 186. The van der Waals surface area contributed by atoms with Gasteiger partial charge in [-0.2, -0.15) is 0 Å². The van der Waals surface area contributed by atoms with Crippen molar-refractivity contribution in [1.29, 1.82) is 0 Å². The third-order valence-electron chi connectivity index (χ3n) is 3.63. The molecule has 2 rings (SSSR count). The van der Waals surface area contributed by atoms with Crippen LogP contribution >= 0.6 is 0 Å². The van der Waals surface area contributed by atoms with Crippen LogP contribution in [0.15, 0.2) is 0 Å². The molecule has 1 heterocycles.